The third-order valence-corrected chi connectivity index (χ3v) is 1.12. The van der Waals surface area contributed by atoms with E-state index in [2.05, 4.69) is 0 Å². The van der Waals surface area contributed by atoms with E-state index in [9.17, 15) is 9.35 Å². The van der Waals surface area contributed by atoms with Crippen LogP contribution in [0.2, 0.25) is 0 Å². The summed E-state index contributed by atoms with van der Waals surface area (Å²) in [4.78, 5) is 10.7. The molecular weight excluding hydrogens is 190 g/mol. The van der Waals surface area contributed by atoms with Crippen molar-refractivity contribution in [1.29, 1.82) is 0 Å². The second kappa shape index (κ2) is 4.04. The maximum atomic E-state index is 10.7. The van der Waals surface area contributed by atoms with E-state index < -0.39 is 22.3 Å². The van der Waals surface area contributed by atoms with Gasteiger partial charge in [-0.3, -0.25) is 0 Å². The summed E-state index contributed by atoms with van der Waals surface area (Å²) in [5.41, 5.74) is -0.597. The van der Waals surface area contributed by atoms with E-state index >= 15 is 0 Å². The number of hydrogen-bond acceptors (Lipinski definition) is 3. The number of amides is 1. The first kappa shape index (κ1) is 10.9. The summed E-state index contributed by atoms with van der Waals surface area (Å²) in [6, 6.07) is 0. The molecule has 0 spiro atoms. The second-order valence-electron chi connectivity index (χ2n) is 2.83. The fraction of sp³-hybridized carbons (Fsp3) is 0.800. The van der Waals surface area contributed by atoms with Gasteiger partial charge in [0.1, 0.15) is 5.60 Å². The number of rotatable bonds is 1. The van der Waals surface area contributed by atoms with E-state index in [1.807, 2.05) is 4.72 Å². The number of nitrogens with one attached hydrogen (secondary N) is 1. The highest BCUT2D eigenvalue weighted by Crippen LogP contribution is 2.07. The summed E-state index contributed by atoms with van der Waals surface area (Å²) in [5, 5.41) is 0. The maximum Gasteiger partial charge on any atom is 0.450 e. The summed E-state index contributed by atoms with van der Waals surface area (Å²) in [7, 11) is 3.08. The van der Waals surface area contributed by atoms with E-state index in [1.54, 1.807) is 20.8 Å². The van der Waals surface area contributed by atoms with Gasteiger partial charge in [0.05, 0.1) is 0 Å². The summed E-state index contributed by atoms with van der Waals surface area (Å²) >= 11 is 0. The van der Waals surface area contributed by atoms with Crippen molar-refractivity contribution < 1.29 is 14.1 Å². The standard InChI is InChI=1S/C5H10ClNO3S/c1-5(2,3)10-4(8)7-11(6)9/h1-3H3,(H,7,8). The zero-order valence-electron chi connectivity index (χ0n) is 6.51. The minimum absolute atomic E-state index is 0.597. The smallest absolute Gasteiger partial charge is 0.450 e. The van der Waals surface area contributed by atoms with Gasteiger partial charge in [-0.1, -0.05) is 0 Å². The molecule has 0 fully saturated rings. The minimum atomic E-state index is -1.88. The molecule has 11 heavy (non-hydrogen) atoms. The van der Waals surface area contributed by atoms with Gasteiger partial charge in [-0.25, -0.2) is 4.79 Å². The molecule has 1 atom stereocenters. The maximum absolute atomic E-state index is 10.7. The van der Waals surface area contributed by atoms with Crippen molar-refractivity contribution >= 4 is 27.4 Å². The molecule has 0 bridgehead atoms. The molecule has 0 aliphatic heterocycles. The van der Waals surface area contributed by atoms with E-state index in [0.717, 1.165) is 0 Å². The van der Waals surface area contributed by atoms with E-state index in [4.69, 9.17) is 15.4 Å². The van der Waals surface area contributed by atoms with Gasteiger partial charge in [0.15, 0.2) is 10.6 Å². The first-order valence-electron chi connectivity index (χ1n) is 2.89. The Labute approximate surface area is 73.1 Å². The van der Waals surface area contributed by atoms with Crippen molar-refractivity contribution in [3.63, 3.8) is 0 Å². The van der Waals surface area contributed by atoms with Gasteiger partial charge in [0.25, 0.3) is 0 Å². The average molecular weight is 200 g/mol. The monoisotopic (exact) mass is 199 g/mol. The predicted octanol–water partition coefficient (Wildman–Crippen LogP) is 1.33. The Bertz CT molecular complexity index is 145. The number of carbonyl (C=O) groups is 1. The quantitative estimate of drug-likeness (QED) is 0.648. The first-order chi connectivity index (χ1) is 4.81. The van der Waals surface area contributed by atoms with Crippen molar-refractivity contribution in [2.75, 3.05) is 0 Å². The molecule has 0 aliphatic carbocycles. The highest BCUT2D eigenvalue weighted by molar-refractivity contribution is 8.12. The number of carbonyl (C=O) groups excluding carboxylic acids is 1. The van der Waals surface area contributed by atoms with Crippen LogP contribution in [0, 0.1) is 0 Å². The summed E-state index contributed by atoms with van der Waals surface area (Å²) in [6.07, 6.45) is -0.786. The van der Waals surface area contributed by atoms with Crippen LogP contribution in [0.4, 0.5) is 4.79 Å². The number of ether oxygens (including phenoxy) is 1. The lowest BCUT2D eigenvalue weighted by atomic mass is 10.2. The highest BCUT2D eigenvalue weighted by Gasteiger charge is 2.19. The highest BCUT2D eigenvalue weighted by atomic mass is 35.7. The first-order valence-corrected chi connectivity index (χ1v) is 4.86. The summed E-state index contributed by atoms with van der Waals surface area (Å²) in [5.74, 6) is 0. The van der Waals surface area contributed by atoms with Crippen LogP contribution in [-0.2, 0) is 15.3 Å². The van der Waals surface area contributed by atoms with E-state index in [1.165, 1.54) is 0 Å². The third kappa shape index (κ3) is 7.77. The van der Waals surface area contributed by atoms with Crippen LogP contribution in [0.1, 0.15) is 20.8 Å². The van der Waals surface area contributed by atoms with Gasteiger partial charge < -0.3 is 9.29 Å². The number of hydrogen-bond donors (Lipinski definition) is 1. The van der Waals surface area contributed by atoms with Gasteiger partial charge in [0, 0.05) is 0 Å². The normalized spacial score (nSPS) is 13.9. The molecule has 0 radical (unpaired) electrons. The molecule has 0 heterocycles. The largest absolute Gasteiger partial charge is 0.575 e. The van der Waals surface area contributed by atoms with Crippen LogP contribution in [0.15, 0.2) is 0 Å². The van der Waals surface area contributed by atoms with Crippen molar-refractivity contribution in [3.05, 3.63) is 0 Å². The lowest BCUT2D eigenvalue weighted by Gasteiger charge is -2.18. The van der Waals surface area contributed by atoms with Gasteiger partial charge in [0.2, 0.25) is 10.7 Å². The molecule has 0 saturated carbocycles. The van der Waals surface area contributed by atoms with Crippen LogP contribution in [0.25, 0.3) is 0 Å². The Kier molecular flexibility index (Phi) is 3.99. The van der Waals surface area contributed by atoms with Crippen LogP contribution in [0.5, 0.6) is 0 Å². The van der Waals surface area contributed by atoms with Crippen molar-refractivity contribution in [1.82, 2.24) is 4.72 Å². The van der Waals surface area contributed by atoms with Gasteiger partial charge >= 0.3 is 6.09 Å². The predicted molar refractivity (Wildman–Crippen MR) is 43.4 cm³/mol. The molecule has 66 valence electrons. The molecule has 1 amide bonds. The van der Waals surface area contributed by atoms with Crippen LogP contribution < -0.4 is 4.72 Å². The van der Waals surface area contributed by atoms with Crippen LogP contribution in [0.3, 0.4) is 0 Å². The third-order valence-electron chi connectivity index (χ3n) is 0.562. The lowest BCUT2D eigenvalue weighted by Crippen LogP contribution is -2.34. The molecule has 6 heteroatoms. The topological polar surface area (TPSA) is 61.4 Å². The Morgan fingerprint density at radius 3 is 2.36 bits per heavy atom. The van der Waals surface area contributed by atoms with Gasteiger partial charge in [-0.15, -0.1) is 4.72 Å². The summed E-state index contributed by atoms with van der Waals surface area (Å²) < 4.78 is 16.8. The summed E-state index contributed by atoms with van der Waals surface area (Å²) in [6.45, 7) is 5.09. The molecule has 1 N–H and O–H groups in total. The Hall–Kier alpha value is -0.130. The van der Waals surface area contributed by atoms with Crippen LogP contribution >= 0.6 is 10.7 Å². The molecule has 0 rings (SSSR count). The average Bonchev–Trinajstić information content (AvgIpc) is 1.53. The Balaban J connectivity index is 3.71. The molecule has 0 aliphatic rings. The molecular formula is C5H10ClNO3S. The van der Waals surface area contributed by atoms with Crippen molar-refractivity contribution in [2.45, 2.75) is 26.4 Å². The zero-order valence-corrected chi connectivity index (χ0v) is 8.08. The van der Waals surface area contributed by atoms with Gasteiger partial charge in [-0.05, 0) is 20.8 Å². The molecule has 0 aromatic carbocycles. The fourth-order valence-corrected chi connectivity index (χ4v) is 0.726. The lowest BCUT2D eigenvalue weighted by molar-refractivity contribution is 0.0571. The molecule has 0 saturated heterocycles. The minimum Gasteiger partial charge on any atom is -0.575 e. The molecule has 0 aromatic rings. The van der Waals surface area contributed by atoms with E-state index in [-0.39, 0.29) is 0 Å². The fourth-order valence-electron chi connectivity index (χ4n) is 0.364. The zero-order chi connectivity index (χ0) is 9.07. The molecule has 4 nitrogen and oxygen atoms in total. The van der Waals surface area contributed by atoms with E-state index in [0.29, 0.717) is 0 Å². The van der Waals surface area contributed by atoms with Crippen molar-refractivity contribution in [2.24, 2.45) is 0 Å². The molecule has 1 unspecified atom stereocenters. The van der Waals surface area contributed by atoms with Gasteiger partial charge in [-0.2, -0.15) is 0 Å². The Morgan fingerprint density at radius 2 is 2.09 bits per heavy atom. The van der Waals surface area contributed by atoms with Crippen molar-refractivity contribution in [3.8, 4) is 0 Å². The van der Waals surface area contributed by atoms with Crippen LogP contribution in [-0.4, -0.2) is 16.2 Å². The molecule has 0 aromatic heterocycles. The number of halogens is 1. The second-order valence-corrected chi connectivity index (χ2v) is 4.32. The Morgan fingerprint density at radius 1 is 1.64 bits per heavy atom. The SMILES string of the molecule is CC(C)(C)OC(=O)N[S+]([O-])Cl.